The average molecular weight is 339 g/mol. The van der Waals surface area contributed by atoms with Gasteiger partial charge in [0.25, 0.3) is 0 Å². The number of hydrogen-bond acceptors (Lipinski definition) is 7. The van der Waals surface area contributed by atoms with Crippen molar-refractivity contribution in [2.75, 3.05) is 13.2 Å². The van der Waals surface area contributed by atoms with E-state index in [1.54, 1.807) is 4.90 Å². The van der Waals surface area contributed by atoms with Crippen LogP contribution in [0.2, 0.25) is 0 Å². The van der Waals surface area contributed by atoms with Crippen LogP contribution >= 0.6 is 0 Å². The first-order valence-corrected chi connectivity index (χ1v) is 8.18. The maximum absolute atomic E-state index is 12.0. The van der Waals surface area contributed by atoms with Crippen molar-refractivity contribution in [3.05, 3.63) is 23.3 Å². The number of carbonyl (C=O) groups is 1. The molecule has 8 nitrogen and oxygen atoms in total. The van der Waals surface area contributed by atoms with Gasteiger partial charge in [-0.05, 0) is 24.5 Å². The lowest BCUT2D eigenvalue weighted by Gasteiger charge is -2.36. The van der Waals surface area contributed by atoms with Gasteiger partial charge in [-0.1, -0.05) is 12.2 Å². The summed E-state index contributed by atoms with van der Waals surface area (Å²) >= 11 is 0. The van der Waals surface area contributed by atoms with Gasteiger partial charge in [-0.2, -0.15) is 0 Å². The highest BCUT2D eigenvalue weighted by Gasteiger charge is 2.57. The molecule has 1 aliphatic carbocycles. The van der Waals surface area contributed by atoms with Crippen molar-refractivity contribution in [2.45, 2.75) is 56.2 Å². The number of hydrogen-bond donors (Lipinski definition) is 3. The Morgan fingerprint density at radius 3 is 2.88 bits per heavy atom. The van der Waals surface area contributed by atoms with E-state index in [1.807, 2.05) is 13.0 Å². The zero-order valence-corrected chi connectivity index (χ0v) is 13.2. The number of ether oxygens (including phenoxy) is 3. The van der Waals surface area contributed by atoms with Crippen LogP contribution in [0.5, 0.6) is 0 Å². The summed E-state index contributed by atoms with van der Waals surface area (Å²) in [7, 11) is 0. The Morgan fingerprint density at radius 2 is 2.12 bits per heavy atom. The molecule has 4 rings (SSSR count). The molecular weight excluding hydrogens is 318 g/mol. The molecule has 8 heteroatoms. The Labute approximate surface area is 138 Å². The lowest BCUT2D eigenvalue weighted by molar-refractivity contribution is -0.283. The minimum absolute atomic E-state index is 0.135. The minimum atomic E-state index is -1.38. The predicted molar refractivity (Wildman–Crippen MR) is 79.9 cm³/mol. The summed E-state index contributed by atoms with van der Waals surface area (Å²) in [5.41, 5.74) is 1.91. The van der Waals surface area contributed by atoms with Gasteiger partial charge in [-0.25, -0.2) is 4.79 Å². The molecule has 2 saturated heterocycles. The molecule has 3 heterocycles. The van der Waals surface area contributed by atoms with E-state index in [0.717, 1.165) is 17.6 Å². The molecule has 3 aliphatic heterocycles. The van der Waals surface area contributed by atoms with E-state index in [4.69, 9.17) is 14.2 Å². The van der Waals surface area contributed by atoms with E-state index in [2.05, 4.69) is 6.08 Å². The van der Waals surface area contributed by atoms with Crippen molar-refractivity contribution >= 4 is 6.09 Å². The van der Waals surface area contributed by atoms with E-state index >= 15 is 0 Å². The average Bonchev–Trinajstić information content (AvgIpc) is 3.07. The van der Waals surface area contributed by atoms with Crippen LogP contribution < -0.4 is 0 Å². The van der Waals surface area contributed by atoms with Crippen LogP contribution in [0.25, 0.3) is 0 Å². The molecule has 3 N–H and O–H groups in total. The summed E-state index contributed by atoms with van der Waals surface area (Å²) in [5.74, 6) is 0. The van der Waals surface area contributed by atoms with Gasteiger partial charge in [0.1, 0.15) is 30.5 Å². The van der Waals surface area contributed by atoms with Crippen molar-refractivity contribution in [2.24, 2.45) is 0 Å². The fourth-order valence-corrected chi connectivity index (χ4v) is 3.98. The summed E-state index contributed by atoms with van der Waals surface area (Å²) in [4.78, 5) is 13.7. The smallest absolute Gasteiger partial charge is 0.410 e. The van der Waals surface area contributed by atoms with Gasteiger partial charge in [0.15, 0.2) is 12.4 Å². The van der Waals surface area contributed by atoms with Crippen LogP contribution in [0.15, 0.2) is 23.3 Å². The third kappa shape index (κ3) is 2.21. The Bertz CT molecular complexity index is 603. The Hall–Kier alpha value is -1.45. The van der Waals surface area contributed by atoms with Crippen molar-refractivity contribution in [1.82, 2.24) is 4.90 Å². The molecular formula is C16H21NO7. The fraction of sp³-hybridized carbons (Fsp3) is 0.688. The van der Waals surface area contributed by atoms with Gasteiger partial charge in [0, 0.05) is 6.54 Å². The quantitative estimate of drug-likeness (QED) is 0.610. The number of aliphatic hydroxyl groups excluding tert-OH is 3. The van der Waals surface area contributed by atoms with Gasteiger partial charge >= 0.3 is 6.09 Å². The highest BCUT2D eigenvalue weighted by atomic mass is 16.7. The second-order valence-electron chi connectivity index (χ2n) is 6.49. The SMILES string of the molecule is C/C=C1/C2=CCCN3C(=O)O[C@H]([C@H]1O[C@@H]1OC[C@@H](O)[C@H](O)[C@H]1O)[C@H]23. The lowest BCUT2D eigenvalue weighted by atomic mass is 10.0. The lowest BCUT2D eigenvalue weighted by Crippen LogP contribution is -2.55. The molecule has 1 saturated carbocycles. The number of rotatable bonds is 2. The molecule has 0 radical (unpaired) electrons. The zero-order chi connectivity index (χ0) is 17.0. The van der Waals surface area contributed by atoms with E-state index in [1.165, 1.54) is 0 Å². The maximum atomic E-state index is 12.0. The normalized spacial score (nSPS) is 46.1. The Kier molecular flexibility index (Phi) is 3.89. The molecule has 7 atom stereocenters. The summed E-state index contributed by atoms with van der Waals surface area (Å²) in [6, 6.07) is -0.182. The first-order chi connectivity index (χ1) is 11.5. The van der Waals surface area contributed by atoms with Crippen molar-refractivity contribution in [3.63, 3.8) is 0 Å². The fourth-order valence-electron chi connectivity index (χ4n) is 3.98. The van der Waals surface area contributed by atoms with Crippen LogP contribution in [0.3, 0.4) is 0 Å². The van der Waals surface area contributed by atoms with E-state index in [-0.39, 0.29) is 18.7 Å². The summed E-state index contributed by atoms with van der Waals surface area (Å²) in [6.45, 7) is 2.36. The van der Waals surface area contributed by atoms with Gasteiger partial charge in [-0.3, -0.25) is 4.90 Å². The second kappa shape index (κ2) is 5.82. The molecule has 0 aromatic carbocycles. The molecule has 0 aromatic heterocycles. The van der Waals surface area contributed by atoms with E-state index in [9.17, 15) is 20.1 Å². The third-order valence-electron chi connectivity index (χ3n) is 5.16. The van der Waals surface area contributed by atoms with E-state index < -0.39 is 36.8 Å². The zero-order valence-electron chi connectivity index (χ0n) is 13.2. The maximum Gasteiger partial charge on any atom is 0.410 e. The summed E-state index contributed by atoms with van der Waals surface area (Å²) in [6.07, 6.45) is -1.68. The van der Waals surface area contributed by atoms with Crippen molar-refractivity contribution < 1.29 is 34.3 Å². The molecule has 24 heavy (non-hydrogen) atoms. The van der Waals surface area contributed by atoms with Crippen LogP contribution in [0.4, 0.5) is 4.79 Å². The van der Waals surface area contributed by atoms with Crippen LogP contribution in [-0.4, -0.2) is 82.3 Å². The number of amides is 1. The standard InChI is InChI=1S/C16H21NO7/c1-2-7-8-4-3-5-17-10(8)14(24-16(17)21)13(7)23-15-12(20)11(19)9(18)6-22-15/h2,4,9-15,18-20H,3,5-6H2,1H3/b7-2-/t9-,10+,11+,12-,13+,14+,15+/m1/s1. The molecule has 0 bridgehead atoms. The van der Waals surface area contributed by atoms with Gasteiger partial charge < -0.3 is 29.5 Å². The predicted octanol–water partition coefficient (Wildman–Crippen LogP) is -0.710. The highest BCUT2D eigenvalue weighted by molar-refractivity contribution is 5.74. The summed E-state index contributed by atoms with van der Waals surface area (Å²) in [5, 5.41) is 29.5. The van der Waals surface area contributed by atoms with Crippen molar-refractivity contribution in [3.8, 4) is 0 Å². The monoisotopic (exact) mass is 339 g/mol. The van der Waals surface area contributed by atoms with Gasteiger partial charge in [0.2, 0.25) is 0 Å². The molecule has 0 aromatic rings. The minimum Gasteiger partial charge on any atom is -0.440 e. The van der Waals surface area contributed by atoms with Gasteiger partial charge in [-0.15, -0.1) is 0 Å². The molecule has 3 fully saturated rings. The first-order valence-electron chi connectivity index (χ1n) is 8.18. The molecule has 0 spiro atoms. The van der Waals surface area contributed by atoms with Crippen LogP contribution in [0, 0.1) is 0 Å². The van der Waals surface area contributed by atoms with Crippen LogP contribution in [0.1, 0.15) is 13.3 Å². The molecule has 132 valence electrons. The number of aliphatic hydroxyl groups is 3. The Morgan fingerprint density at radius 1 is 1.33 bits per heavy atom. The largest absolute Gasteiger partial charge is 0.440 e. The number of carbonyl (C=O) groups excluding carboxylic acids is 1. The molecule has 4 aliphatic rings. The van der Waals surface area contributed by atoms with Crippen molar-refractivity contribution in [1.29, 1.82) is 0 Å². The molecule has 0 unspecified atom stereocenters. The molecule has 1 amide bonds. The Balaban J connectivity index is 1.60. The third-order valence-corrected chi connectivity index (χ3v) is 5.16. The number of allylic oxidation sites excluding steroid dienone is 1. The van der Waals surface area contributed by atoms with E-state index in [0.29, 0.717) is 6.54 Å². The summed E-state index contributed by atoms with van der Waals surface area (Å²) < 4.78 is 16.7. The van der Waals surface area contributed by atoms with Gasteiger partial charge in [0.05, 0.1) is 6.61 Å². The van der Waals surface area contributed by atoms with Crippen LogP contribution in [-0.2, 0) is 14.2 Å². The first kappa shape index (κ1) is 16.0. The highest BCUT2D eigenvalue weighted by Crippen LogP contribution is 2.45. The second-order valence-corrected chi connectivity index (χ2v) is 6.49. The number of nitrogens with zero attached hydrogens (tertiary/aromatic N) is 1. The topological polar surface area (TPSA) is 109 Å².